The minimum absolute atomic E-state index is 0.0636. The molecule has 2 aliphatic rings. The molecule has 2 aromatic rings. The molecule has 8 heteroatoms. The van der Waals surface area contributed by atoms with Gasteiger partial charge in [-0.1, -0.05) is 50.2 Å². The highest BCUT2D eigenvalue weighted by atomic mass is 32.2. The number of nitrogens with one attached hydrogen (secondary N) is 1. The molecule has 156 valence electrons. The molecule has 1 aromatic heterocycles. The predicted octanol–water partition coefficient (Wildman–Crippen LogP) is 4.19. The largest absolute Gasteiger partial charge is 0.350 e. The van der Waals surface area contributed by atoms with Gasteiger partial charge in [0.1, 0.15) is 11.9 Å². The van der Waals surface area contributed by atoms with E-state index in [9.17, 15) is 9.59 Å². The summed E-state index contributed by atoms with van der Waals surface area (Å²) in [4.78, 5) is 38.0. The number of nitrogens with zero attached hydrogens (tertiary/aromatic N) is 3. The summed E-state index contributed by atoms with van der Waals surface area (Å²) in [6.07, 6.45) is 0.865. The lowest BCUT2D eigenvalue weighted by molar-refractivity contribution is -0.125. The number of hydrogen-bond donors (Lipinski definition) is 1. The van der Waals surface area contributed by atoms with Crippen molar-refractivity contribution in [2.24, 2.45) is 15.9 Å². The Kier molecular flexibility index (Phi) is 6.06. The summed E-state index contributed by atoms with van der Waals surface area (Å²) in [5, 5.41) is 5.07. The molecule has 0 saturated carbocycles. The van der Waals surface area contributed by atoms with E-state index in [1.807, 2.05) is 55.6 Å². The second-order valence-corrected chi connectivity index (χ2v) is 9.77. The topological polar surface area (TPSA) is 74.1 Å². The van der Waals surface area contributed by atoms with Crippen LogP contribution in [0.15, 0.2) is 51.8 Å². The van der Waals surface area contributed by atoms with Crippen molar-refractivity contribution in [3.05, 3.63) is 52.2 Å². The lowest BCUT2D eigenvalue weighted by Gasteiger charge is -2.27. The first kappa shape index (κ1) is 20.8. The lowest BCUT2D eigenvalue weighted by Crippen LogP contribution is -2.43. The predicted molar refractivity (Wildman–Crippen MR) is 123 cm³/mol. The summed E-state index contributed by atoms with van der Waals surface area (Å²) in [6.45, 7) is 6.44. The fourth-order valence-corrected chi connectivity index (χ4v) is 4.97. The van der Waals surface area contributed by atoms with Crippen molar-refractivity contribution in [1.82, 2.24) is 10.2 Å². The van der Waals surface area contributed by atoms with E-state index < -0.39 is 11.3 Å². The van der Waals surface area contributed by atoms with Crippen LogP contribution >= 0.6 is 23.1 Å². The summed E-state index contributed by atoms with van der Waals surface area (Å²) >= 11 is 2.91. The van der Waals surface area contributed by atoms with E-state index in [1.54, 1.807) is 16.2 Å². The summed E-state index contributed by atoms with van der Waals surface area (Å²) < 4.78 is 0. The molecule has 0 spiro atoms. The maximum atomic E-state index is 13.2. The number of carbonyl (C=O) groups excluding carboxylic acids is 2. The van der Waals surface area contributed by atoms with Crippen molar-refractivity contribution in [3.63, 3.8) is 0 Å². The number of thioether (sulfide) groups is 1. The van der Waals surface area contributed by atoms with Crippen molar-refractivity contribution < 1.29 is 9.59 Å². The number of benzene rings is 1. The molecule has 6 nitrogen and oxygen atoms in total. The van der Waals surface area contributed by atoms with Gasteiger partial charge in [0.15, 0.2) is 5.17 Å². The van der Waals surface area contributed by atoms with Crippen LogP contribution in [0.3, 0.4) is 0 Å². The van der Waals surface area contributed by atoms with Crippen molar-refractivity contribution >= 4 is 51.6 Å². The third kappa shape index (κ3) is 3.94. The first-order valence-corrected chi connectivity index (χ1v) is 11.8. The molecule has 4 rings (SSSR count). The number of amides is 2. The van der Waals surface area contributed by atoms with Crippen LogP contribution in [0.4, 0.5) is 5.69 Å². The van der Waals surface area contributed by atoms with E-state index in [1.165, 1.54) is 11.8 Å². The van der Waals surface area contributed by atoms with E-state index in [0.717, 1.165) is 22.5 Å². The third-order valence-electron chi connectivity index (χ3n) is 5.35. The zero-order chi connectivity index (χ0) is 21.3. The first-order chi connectivity index (χ1) is 14.5. The fraction of sp³-hybridized carbons (Fsp3) is 0.364. The van der Waals surface area contributed by atoms with E-state index in [-0.39, 0.29) is 17.7 Å². The zero-order valence-corrected chi connectivity index (χ0v) is 18.8. The smallest absolute Gasteiger partial charge is 0.259 e. The highest BCUT2D eigenvalue weighted by Gasteiger charge is 2.43. The molecule has 0 unspecified atom stereocenters. The SMILES string of the molecule is CC[C@H](C)[C@@H]1N=C2c3ccccc3N=C(S[C@@H](C)C(=O)NCc3cccs3)N2C1=O. The molecule has 0 saturated heterocycles. The van der Waals surface area contributed by atoms with Crippen molar-refractivity contribution in [2.75, 3.05) is 0 Å². The van der Waals surface area contributed by atoms with Crippen molar-refractivity contribution in [2.45, 2.75) is 45.0 Å². The quantitative estimate of drug-likeness (QED) is 0.732. The molecule has 0 radical (unpaired) electrons. The summed E-state index contributed by atoms with van der Waals surface area (Å²) in [6, 6.07) is 11.2. The van der Waals surface area contributed by atoms with Crippen LogP contribution in [0, 0.1) is 5.92 Å². The molecule has 0 aliphatic carbocycles. The average Bonchev–Trinajstić information content (AvgIpc) is 3.39. The summed E-state index contributed by atoms with van der Waals surface area (Å²) in [5.74, 6) is 0.634. The van der Waals surface area contributed by atoms with Crippen LogP contribution in [0.5, 0.6) is 0 Å². The Morgan fingerprint density at radius 1 is 1.27 bits per heavy atom. The maximum Gasteiger partial charge on any atom is 0.259 e. The number of rotatable bonds is 6. The monoisotopic (exact) mass is 440 g/mol. The van der Waals surface area contributed by atoms with E-state index in [4.69, 9.17) is 9.98 Å². The molecule has 0 fully saturated rings. The molecular formula is C22H24N4O2S2. The highest BCUT2D eigenvalue weighted by molar-refractivity contribution is 8.15. The third-order valence-corrected chi connectivity index (χ3v) is 7.28. The van der Waals surface area contributed by atoms with Crippen molar-refractivity contribution in [3.8, 4) is 0 Å². The van der Waals surface area contributed by atoms with Gasteiger partial charge >= 0.3 is 0 Å². The van der Waals surface area contributed by atoms with Gasteiger partial charge in [-0.2, -0.15) is 0 Å². The van der Waals surface area contributed by atoms with Gasteiger partial charge in [0.25, 0.3) is 5.91 Å². The summed E-state index contributed by atoms with van der Waals surface area (Å²) in [7, 11) is 0. The Hall–Kier alpha value is -2.45. The molecule has 2 aliphatic heterocycles. The average molecular weight is 441 g/mol. The molecule has 30 heavy (non-hydrogen) atoms. The fourth-order valence-electron chi connectivity index (χ4n) is 3.39. The lowest BCUT2D eigenvalue weighted by atomic mass is 10.00. The number of fused-ring (bicyclic) bond motifs is 3. The number of amidine groups is 2. The Bertz CT molecular complexity index is 1020. The maximum absolute atomic E-state index is 13.2. The molecule has 1 N–H and O–H groups in total. The normalized spacial score (nSPS) is 19.5. The van der Waals surface area contributed by atoms with Crippen LogP contribution in [-0.4, -0.2) is 39.0 Å². The van der Waals surface area contributed by atoms with Gasteiger partial charge in [-0.3, -0.25) is 14.6 Å². The number of hydrogen-bond acceptors (Lipinski definition) is 6. The van der Waals surface area contributed by atoms with Crippen LogP contribution < -0.4 is 5.32 Å². The second-order valence-electron chi connectivity index (χ2n) is 7.43. The van der Waals surface area contributed by atoms with Crippen LogP contribution in [0.2, 0.25) is 0 Å². The standard InChI is InChI=1S/C22H24N4O2S2/c1-4-13(2)18-21(28)26-19(25-18)16-9-5-6-10-17(16)24-22(26)30-14(3)20(27)23-12-15-8-7-11-29-15/h5-11,13-14,18H,4,12H2,1-3H3,(H,23,27)/t13-,14-,18-/m0/s1. The van der Waals surface area contributed by atoms with Gasteiger partial charge in [0, 0.05) is 10.4 Å². The Morgan fingerprint density at radius 2 is 2.07 bits per heavy atom. The number of para-hydroxylation sites is 1. The minimum atomic E-state index is -0.412. The van der Waals surface area contributed by atoms with Crippen LogP contribution in [0.25, 0.3) is 0 Å². The highest BCUT2D eigenvalue weighted by Crippen LogP contribution is 2.36. The van der Waals surface area contributed by atoms with Gasteiger partial charge < -0.3 is 5.32 Å². The van der Waals surface area contributed by atoms with Crippen molar-refractivity contribution in [1.29, 1.82) is 0 Å². The minimum Gasteiger partial charge on any atom is -0.350 e. The van der Waals surface area contributed by atoms with E-state index in [2.05, 4.69) is 12.2 Å². The number of aliphatic imine (C=N–C) groups is 2. The molecule has 3 heterocycles. The van der Waals surface area contributed by atoms with Gasteiger partial charge in [-0.05, 0) is 36.4 Å². The first-order valence-electron chi connectivity index (χ1n) is 10.1. The molecule has 0 bridgehead atoms. The molecule has 1 aromatic carbocycles. The Labute approximate surface area is 184 Å². The summed E-state index contributed by atoms with van der Waals surface area (Å²) in [5.41, 5.74) is 1.63. The van der Waals surface area contributed by atoms with Crippen LogP contribution in [0.1, 0.15) is 37.6 Å². The van der Waals surface area contributed by atoms with Gasteiger partial charge in [0.2, 0.25) is 5.91 Å². The number of carbonyl (C=O) groups is 2. The van der Waals surface area contributed by atoms with Gasteiger partial charge in [-0.25, -0.2) is 9.89 Å². The van der Waals surface area contributed by atoms with Gasteiger partial charge in [-0.15, -0.1) is 11.3 Å². The number of thiophene rings is 1. The Morgan fingerprint density at radius 3 is 2.80 bits per heavy atom. The molecular weight excluding hydrogens is 416 g/mol. The molecule has 2 amide bonds. The zero-order valence-electron chi connectivity index (χ0n) is 17.2. The molecule has 3 atom stereocenters. The van der Waals surface area contributed by atoms with Gasteiger partial charge in [0.05, 0.1) is 17.5 Å². The van der Waals surface area contributed by atoms with E-state index >= 15 is 0 Å². The Balaban J connectivity index is 1.56. The van der Waals surface area contributed by atoms with Crippen LogP contribution in [-0.2, 0) is 16.1 Å². The van der Waals surface area contributed by atoms with E-state index in [0.29, 0.717) is 17.5 Å². The second kappa shape index (κ2) is 8.73.